The van der Waals surface area contributed by atoms with Crippen LogP contribution in [-0.2, 0) is 0 Å². The number of carbonyl (C=O) groups excluding carboxylic acids is 1. The van der Waals surface area contributed by atoms with Crippen molar-refractivity contribution in [3.05, 3.63) is 66.0 Å². The molecule has 18 heavy (non-hydrogen) atoms. The molecule has 92 valence electrons. The van der Waals surface area contributed by atoms with E-state index >= 15 is 0 Å². The third-order valence-electron chi connectivity index (χ3n) is 2.62. The quantitative estimate of drug-likeness (QED) is 0.814. The Morgan fingerprint density at radius 1 is 1.00 bits per heavy atom. The van der Waals surface area contributed by atoms with E-state index in [1.165, 1.54) is 24.3 Å². The van der Waals surface area contributed by atoms with Gasteiger partial charge in [0.1, 0.15) is 5.82 Å². The molecule has 0 aliphatic heterocycles. The molecule has 1 N–H and O–H groups in total. The molecule has 0 unspecified atom stereocenters. The summed E-state index contributed by atoms with van der Waals surface area (Å²) in [5.74, 6) is -0.313. The molecule has 0 radical (unpaired) electrons. The van der Waals surface area contributed by atoms with Crippen molar-refractivity contribution in [1.82, 2.24) is 0 Å². The molecule has 0 aliphatic carbocycles. The van der Waals surface area contributed by atoms with E-state index in [-0.39, 0.29) is 11.6 Å². The standard InChI is InChI=1S/C15H14FNO/c16-13-8-6-12(7-9-13)15(18)10-11-17-14-4-2-1-3-5-14/h1-9,17H,10-11H2. The lowest BCUT2D eigenvalue weighted by Crippen LogP contribution is -2.08. The van der Waals surface area contributed by atoms with Gasteiger partial charge in [-0.15, -0.1) is 0 Å². The van der Waals surface area contributed by atoms with Gasteiger partial charge in [0, 0.05) is 24.2 Å². The van der Waals surface area contributed by atoms with Crippen LogP contribution in [0.25, 0.3) is 0 Å². The molecule has 0 bridgehead atoms. The summed E-state index contributed by atoms with van der Waals surface area (Å²) < 4.78 is 12.7. The molecular formula is C15H14FNO. The van der Waals surface area contributed by atoms with Crippen molar-refractivity contribution >= 4 is 11.5 Å². The Morgan fingerprint density at radius 2 is 1.67 bits per heavy atom. The summed E-state index contributed by atoms with van der Waals surface area (Å²) in [7, 11) is 0. The van der Waals surface area contributed by atoms with E-state index in [4.69, 9.17) is 0 Å². The minimum absolute atomic E-state index is 0.0124. The number of anilines is 1. The number of para-hydroxylation sites is 1. The molecule has 0 atom stereocenters. The lowest BCUT2D eigenvalue weighted by molar-refractivity contribution is 0.0986. The molecule has 3 heteroatoms. The van der Waals surface area contributed by atoms with Crippen molar-refractivity contribution in [3.8, 4) is 0 Å². The maximum absolute atomic E-state index is 12.7. The van der Waals surface area contributed by atoms with Crippen molar-refractivity contribution in [2.45, 2.75) is 6.42 Å². The zero-order valence-corrected chi connectivity index (χ0v) is 9.90. The van der Waals surface area contributed by atoms with Crippen LogP contribution in [0, 0.1) is 5.82 Å². The first-order valence-electron chi connectivity index (χ1n) is 5.83. The Morgan fingerprint density at radius 3 is 2.33 bits per heavy atom. The van der Waals surface area contributed by atoms with Crippen LogP contribution in [0.5, 0.6) is 0 Å². The van der Waals surface area contributed by atoms with Gasteiger partial charge >= 0.3 is 0 Å². The number of benzene rings is 2. The van der Waals surface area contributed by atoms with Crippen molar-refractivity contribution in [3.63, 3.8) is 0 Å². The van der Waals surface area contributed by atoms with Crippen LogP contribution in [-0.4, -0.2) is 12.3 Å². The molecule has 2 rings (SSSR count). The number of hydrogen-bond acceptors (Lipinski definition) is 2. The minimum atomic E-state index is -0.325. The Labute approximate surface area is 105 Å². The average Bonchev–Trinajstić information content (AvgIpc) is 2.40. The topological polar surface area (TPSA) is 29.1 Å². The fourth-order valence-corrected chi connectivity index (χ4v) is 1.66. The molecule has 0 amide bonds. The lowest BCUT2D eigenvalue weighted by Gasteiger charge is -2.05. The molecule has 2 aromatic carbocycles. The zero-order valence-electron chi connectivity index (χ0n) is 9.90. The van der Waals surface area contributed by atoms with Crippen molar-refractivity contribution in [1.29, 1.82) is 0 Å². The van der Waals surface area contributed by atoms with Crippen LogP contribution in [0.15, 0.2) is 54.6 Å². The van der Waals surface area contributed by atoms with Crippen LogP contribution in [0.3, 0.4) is 0 Å². The van der Waals surface area contributed by atoms with Crippen LogP contribution in [0.1, 0.15) is 16.8 Å². The largest absolute Gasteiger partial charge is 0.385 e. The average molecular weight is 243 g/mol. The fourth-order valence-electron chi connectivity index (χ4n) is 1.66. The van der Waals surface area contributed by atoms with E-state index in [1.54, 1.807) is 0 Å². The summed E-state index contributed by atoms with van der Waals surface area (Å²) in [4.78, 5) is 11.8. The molecule has 0 saturated heterocycles. The summed E-state index contributed by atoms with van der Waals surface area (Å²) in [5.41, 5.74) is 1.54. The highest BCUT2D eigenvalue weighted by Crippen LogP contribution is 2.08. The molecule has 0 aromatic heterocycles. The second kappa shape index (κ2) is 5.96. The van der Waals surface area contributed by atoms with Gasteiger partial charge in [0.15, 0.2) is 5.78 Å². The van der Waals surface area contributed by atoms with Gasteiger partial charge in [-0.1, -0.05) is 18.2 Å². The normalized spacial score (nSPS) is 10.1. The van der Waals surface area contributed by atoms with Crippen LogP contribution < -0.4 is 5.32 Å². The maximum atomic E-state index is 12.7. The van der Waals surface area contributed by atoms with Gasteiger partial charge in [0.2, 0.25) is 0 Å². The number of Topliss-reactive ketones (excluding diaryl/α,β-unsaturated/α-hetero) is 1. The molecule has 2 aromatic rings. The third-order valence-corrected chi connectivity index (χ3v) is 2.62. The molecule has 0 fully saturated rings. The third kappa shape index (κ3) is 3.42. The summed E-state index contributed by atoms with van der Waals surface area (Å²) >= 11 is 0. The van der Waals surface area contributed by atoms with E-state index in [1.807, 2.05) is 30.3 Å². The van der Waals surface area contributed by atoms with E-state index in [0.29, 0.717) is 18.5 Å². The Kier molecular flexibility index (Phi) is 4.07. The smallest absolute Gasteiger partial charge is 0.164 e. The maximum Gasteiger partial charge on any atom is 0.164 e. The highest BCUT2D eigenvalue weighted by molar-refractivity contribution is 5.96. The predicted molar refractivity (Wildman–Crippen MR) is 70.3 cm³/mol. The highest BCUT2D eigenvalue weighted by Gasteiger charge is 2.05. The second-order valence-corrected chi connectivity index (χ2v) is 3.97. The van der Waals surface area contributed by atoms with Gasteiger partial charge in [-0.25, -0.2) is 4.39 Å². The molecule has 0 saturated carbocycles. The van der Waals surface area contributed by atoms with Crippen molar-refractivity contribution in [2.75, 3.05) is 11.9 Å². The number of halogens is 1. The SMILES string of the molecule is O=C(CCNc1ccccc1)c1ccc(F)cc1. The summed E-state index contributed by atoms with van der Waals surface area (Å²) in [6.07, 6.45) is 0.389. The van der Waals surface area contributed by atoms with E-state index < -0.39 is 0 Å². The minimum Gasteiger partial charge on any atom is -0.385 e. The molecule has 0 spiro atoms. The van der Waals surface area contributed by atoms with Crippen LogP contribution in [0.2, 0.25) is 0 Å². The molecule has 2 nitrogen and oxygen atoms in total. The van der Waals surface area contributed by atoms with Crippen LogP contribution in [0.4, 0.5) is 10.1 Å². The highest BCUT2D eigenvalue weighted by atomic mass is 19.1. The molecular weight excluding hydrogens is 229 g/mol. The molecule has 0 aliphatic rings. The Bertz CT molecular complexity index is 508. The number of rotatable bonds is 5. The van der Waals surface area contributed by atoms with Gasteiger partial charge in [-0.3, -0.25) is 4.79 Å². The predicted octanol–water partition coefficient (Wildman–Crippen LogP) is 3.51. The van der Waals surface area contributed by atoms with Gasteiger partial charge < -0.3 is 5.32 Å². The first-order chi connectivity index (χ1) is 8.75. The number of carbonyl (C=O) groups is 1. The van der Waals surface area contributed by atoms with Gasteiger partial charge in [0.05, 0.1) is 0 Å². The first-order valence-corrected chi connectivity index (χ1v) is 5.83. The molecule has 0 heterocycles. The Hall–Kier alpha value is -2.16. The van der Waals surface area contributed by atoms with E-state index in [9.17, 15) is 9.18 Å². The second-order valence-electron chi connectivity index (χ2n) is 3.97. The summed E-state index contributed by atoms with van der Waals surface area (Å²) in [6.45, 7) is 0.570. The van der Waals surface area contributed by atoms with Gasteiger partial charge in [0.25, 0.3) is 0 Å². The van der Waals surface area contributed by atoms with Crippen molar-refractivity contribution < 1.29 is 9.18 Å². The van der Waals surface area contributed by atoms with Crippen molar-refractivity contribution in [2.24, 2.45) is 0 Å². The number of ketones is 1. The monoisotopic (exact) mass is 243 g/mol. The van der Waals surface area contributed by atoms with E-state index in [2.05, 4.69) is 5.32 Å². The summed E-state index contributed by atoms with van der Waals surface area (Å²) in [6, 6.07) is 15.3. The number of hydrogen-bond donors (Lipinski definition) is 1. The van der Waals surface area contributed by atoms with E-state index in [0.717, 1.165) is 5.69 Å². The Balaban J connectivity index is 1.84. The first kappa shape index (κ1) is 12.3. The zero-order chi connectivity index (χ0) is 12.8. The van der Waals surface area contributed by atoms with Gasteiger partial charge in [-0.2, -0.15) is 0 Å². The fraction of sp³-hybridized carbons (Fsp3) is 0.133. The number of nitrogens with one attached hydrogen (secondary N) is 1. The van der Waals surface area contributed by atoms with Gasteiger partial charge in [-0.05, 0) is 36.4 Å². The lowest BCUT2D eigenvalue weighted by atomic mass is 10.1. The van der Waals surface area contributed by atoms with Crippen LogP contribution >= 0.6 is 0 Å². The summed E-state index contributed by atoms with van der Waals surface area (Å²) in [5, 5.41) is 3.16.